The lowest BCUT2D eigenvalue weighted by atomic mass is 9.89. The van der Waals surface area contributed by atoms with Gasteiger partial charge < -0.3 is 9.84 Å². The molecular formula is C54H106O4. The van der Waals surface area contributed by atoms with E-state index in [4.69, 9.17) is 4.74 Å². The van der Waals surface area contributed by atoms with Crippen LogP contribution in [0.25, 0.3) is 0 Å². The van der Waals surface area contributed by atoms with Crippen LogP contribution >= 0.6 is 0 Å². The number of hydrogen-bond donors (Lipinski definition) is 1. The Labute approximate surface area is 364 Å². The molecule has 0 aliphatic carbocycles. The molecule has 0 radical (unpaired) electrons. The third kappa shape index (κ3) is 40.4. The second-order valence-corrected chi connectivity index (χ2v) is 18.9. The predicted octanol–water partition coefficient (Wildman–Crippen LogP) is 19.1. The summed E-state index contributed by atoms with van der Waals surface area (Å²) in [6.45, 7) is 6.85. The topological polar surface area (TPSA) is 63.6 Å². The molecule has 1 N–H and O–H groups in total. The predicted molar refractivity (Wildman–Crippen MR) is 255 cm³/mol. The minimum absolute atomic E-state index is 0.293. The summed E-state index contributed by atoms with van der Waals surface area (Å²) in [6, 6.07) is 0. The van der Waals surface area contributed by atoms with E-state index >= 15 is 0 Å². The van der Waals surface area contributed by atoms with Crippen LogP contribution in [0.15, 0.2) is 0 Å². The monoisotopic (exact) mass is 819 g/mol. The van der Waals surface area contributed by atoms with E-state index in [0.29, 0.717) is 19.3 Å². The van der Waals surface area contributed by atoms with Gasteiger partial charge >= 0.3 is 11.9 Å². The van der Waals surface area contributed by atoms with Gasteiger partial charge in [0.05, 0.1) is 0 Å². The summed E-state index contributed by atoms with van der Waals surface area (Å²) in [7, 11) is 0. The first-order valence-electron chi connectivity index (χ1n) is 27.0. The van der Waals surface area contributed by atoms with Gasteiger partial charge in [0.15, 0.2) is 0 Å². The molecule has 0 aromatic rings. The van der Waals surface area contributed by atoms with Gasteiger partial charge in [-0.15, -0.1) is 0 Å². The molecule has 0 aliphatic rings. The molecule has 0 aromatic carbocycles. The van der Waals surface area contributed by atoms with Crippen LogP contribution in [-0.4, -0.2) is 22.6 Å². The lowest BCUT2D eigenvalue weighted by Gasteiger charge is -2.30. The Kier molecular flexibility index (Phi) is 46.1. The Balaban J connectivity index is 4.45. The normalized spacial score (nSPS) is 12.6. The van der Waals surface area contributed by atoms with Crippen LogP contribution < -0.4 is 0 Å². The van der Waals surface area contributed by atoms with Crippen LogP contribution in [0.3, 0.4) is 0 Å². The van der Waals surface area contributed by atoms with Gasteiger partial charge in [0.1, 0.15) is 0 Å². The molecule has 1 unspecified atom stereocenters. The molecule has 0 fully saturated rings. The first kappa shape index (κ1) is 56.9. The van der Waals surface area contributed by atoms with Crippen LogP contribution in [0.2, 0.25) is 0 Å². The Hall–Kier alpha value is -1.06. The Morgan fingerprint density at radius 3 is 0.707 bits per heavy atom. The van der Waals surface area contributed by atoms with Gasteiger partial charge in [0, 0.05) is 6.42 Å². The minimum atomic E-state index is -1.35. The van der Waals surface area contributed by atoms with E-state index in [0.717, 1.165) is 57.8 Å². The standard InChI is InChI=1S/C54H106O4/c1-4-7-10-13-16-19-22-25-28-30-33-36-39-42-45-48-51-54(53(56)57,50-47-44-41-38-35-32-27-24-21-18-15-12-9-6-3)58-52(55)49-46-43-40-37-34-31-29-26-23-20-17-14-11-8-5-2/h4-51H2,1-3H3,(H,56,57). The second-order valence-electron chi connectivity index (χ2n) is 18.9. The molecule has 0 aliphatic heterocycles. The highest BCUT2D eigenvalue weighted by Crippen LogP contribution is 2.29. The van der Waals surface area contributed by atoms with Gasteiger partial charge in [0.2, 0.25) is 5.60 Å². The first-order chi connectivity index (χ1) is 28.5. The molecule has 4 nitrogen and oxygen atoms in total. The number of carbonyl (C=O) groups is 2. The van der Waals surface area contributed by atoms with E-state index < -0.39 is 11.6 Å². The van der Waals surface area contributed by atoms with E-state index in [1.165, 1.54) is 231 Å². The van der Waals surface area contributed by atoms with Crippen molar-refractivity contribution in [2.45, 2.75) is 335 Å². The van der Waals surface area contributed by atoms with Gasteiger partial charge in [-0.1, -0.05) is 290 Å². The van der Waals surface area contributed by atoms with Crippen LogP contribution in [0.1, 0.15) is 329 Å². The Bertz CT molecular complexity index is 826. The second kappa shape index (κ2) is 47.0. The van der Waals surface area contributed by atoms with Crippen molar-refractivity contribution in [3.8, 4) is 0 Å². The smallest absolute Gasteiger partial charge is 0.348 e. The maximum atomic E-state index is 13.1. The summed E-state index contributed by atoms with van der Waals surface area (Å²) in [5, 5.41) is 10.5. The summed E-state index contributed by atoms with van der Waals surface area (Å²) >= 11 is 0. The molecule has 0 saturated heterocycles. The third-order valence-corrected chi connectivity index (χ3v) is 13.1. The van der Waals surface area contributed by atoms with Gasteiger partial charge in [-0.2, -0.15) is 0 Å². The van der Waals surface area contributed by atoms with Crippen molar-refractivity contribution in [1.29, 1.82) is 0 Å². The lowest BCUT2D eigenvalue weighted by molar-refractivity contribution is -0.181. The van der Waals surface area contributed by atoms with Crippen LogP contribution in [0, 0.1) is 0 Å². The minimum Gasteiger partial charge on any atom is -0.478 e. The fraction of sp³-hybridized carbons (Fsp3) is 0.963. The molecule has 0 heterocycles. The Morgan fingerprint density at radius 1 is 0.310 bits per heavy atom. The Morgan fingerprint density at radius 2 is 0.500 bits per heavy atom. The van der Waals surface area contributed by atoms with Crippen LogP contribution in [0.5, 0.6) is 0 Å². The number of carbonyl (C=O) groups excluding carboxylic acids is 1. The number of ether oxygens (including phenoxy) is 1. The maximum Gasteiger partial charge on any atom is 0.348 e. The zero-order valence-electron chi connectivity index (χ0n) is 40.1. The molecule has 346 valence electrons. The number of aliphatic carboxylic acids is 1. The van der Waals surface area contributed by atoms with E-state index in [1.807, 2.05) is 0 Å². The molecule has 1 atom stereocenters. The fourth-order valence-corrected chi connectivity index (χ4v) is 8.96. The highest BCUT2D eigenvalue weighted by atomic mass is 16.6. The summed E-state index contributed by atoms with van der Waals surface area (Å²) < 4.78 is 6.02. The molecule has 4 heteroatoms. The molecular weight excluding hydrogens is 713 g/mol. The van der Waals surface area contributed by atoms with Crippen molar-refractivity contribution in [1.82, 2.24) is 0 Å². The summed E-state index contributed by atoms with van der Waals surface area (Å²) in [4.78, 5) is 26.0. The summed E-state index contributed by atoms with van der Waals surface area (Å²) in [5.41, 5.74) is -1.35. The molecule has 0 spiro atoms. The number of esters is 1. The van der Waals surface area contributed by atoms with E-state index in [9.17, 15) is 14.7 Å². The number of carboxylic acids is 1. The zero-order chi connectivity index (χ0) is 42.3. The van der Waals surface area contributed by atoms with Gasteiger partial charge in [-0.05, 0) is 32.1 Å². The maximum absolute atomic E-state index is 13.1. The number of hydrogen-bond acceptors (Lipinski definition) is 3. The first-order valence-corrected chi connectivity index (χ1v) is 27.0. The van der Waals surface area contributed by atoms with Gasteiger partial charge in [-0.25, -0.2) is 4.79 Å². The quantitative estimate of drug-likeness (QED) is 0.0490. The number of rotatable bonds is 50. The average molecular weight is 819 g/mol. The lowest BCUT2D eigenvalue weighted by Crippen LogP contribution is -2.43. The van der Waals surface area contributed by atoms with Crippen molar-refractivity contribution in [2.75, 3.05) is 0 Å². The van der Waals surface area contributed by atoms with Gasteiger partial charge in [0.25, 0.3) is 0 Å². The van der Waals surface area contributed by atoms with Gasteiger partial charge in [-0.3, -0.25) is 4.79 Å². The average Bonchev–Trinajstić information content (AvgIpc) is 3.22. The fourth-order valence-electron chi connectivity index (χ4n) is 8.96. The molecule has 0 bridgehead atoms. The van der Waals surface area contributed by atoms with Crippen molar-refractivity contribution < 1.29 is 19.4 Å². The molecule has 0 amide bonds. The van der Waals surface area contributed by atoms with E-state index in [1.54, 1.807) is 0 Å². The van der Waals surface area contributed by atoms with Crippen LogP contribution in [-0.2, 0) is 14.3 Å². The number of unbranched alkanes of at least 4 members (excludes halogenated alkanes) is 42. The van der Waals surface area contributed by atoms with E-state index in [2.05, 4.69) is 20.8 Å². The zero-order valence-corrected chi connectivity index (χ0v) is 40.1. The molecule has 0 aromatic heterocycles. The molecule has 0 saturated carbocycles. The highest BCUT2D eigenvalue weighted by molar-refractivity contribution is 5.82. The van der Waals surface area contributed by atoms with Crippen molar-refractivity contribution in [3.63, 3.8) is 0 Å². The number of carboxylic acid groups (broad SMARTS) is 1. The third-order valence-electron chi connectivity index (χ3n) is 13.1. The highest BCUT2D eigenvalue weighted by Gasteiger charge is 2.41. The largest absolute Gasteiger partial charge is 0.478 e. The van der Waals surface area contributed by atoms with Crippen molar-refractivity contribution >= 4 is 11.9 Å². The van der Waals surface area contributed by atoms with Crippen LogP contribution in [0.4, 0.5) is 0 Å². The molecule has 58 heavy (non-hydrogen) atoms. The summed E-state index contributed by atoms with van der Waals surface area (Å²) in [5.74, 6) is -1.22. The summed E-state index contributed by atoms with van der Waals surface area (Å²) in [6.07, 6.45) is 59.3. The molecule has 0 rings (SSSR count). The van der Waals surface area contributed by atoms with Crippen molar-refractivity contribution in [2.24, 2.45) is 0 Å². The van der Waals surface area contributed by atoms with E-state index in [-0.39, 0.29) is 5.97 Å². The SMILES string of the molecule is CCCCCCCCCCCCCCCCCCC(CCCCCCCCCCCCCCCC)(OC(=O)CCCCCCCCCCCCCCCCC)C(=O)O. The van der Waals surface area contributed by atoms with Crippen molar-refractivity contribution in [3.05, 3.63) is 0 Å².